The van der Waals surface area contributed by atoms with Gasteiger partial charge in [-0.3, -0.25) is 4.79 Å². The van der Waals surface area contributed by atoms with Crippen LogP contribution in [0.2, 0.25) is 0 Å². The number of likely N-dealkylation sites (tertiary alicyclic amines) is 1. The largest absolute Gasteiger partial charge is 0.341 e. The van der Waals surface area contributed by atoms with Crippen LogP contribution in [0.15, 0.2) is 30.3 Å². The maximum absolute atomic E-state index is 12.2. The summed E-state index contributed by atoms with van der Waals surface area (Å²) in [6, 6.07) is 10.4. The van der Waals surface area contributed by atoms with Crippen molar-refractivity contribution in [3.05, 3.63) is 35.9 Å². The fourth-order valence-corrected chi connectivity index (χ4v) is 3.58. The maximum Gasteiger partial charge on any atom is 0.232 e. The third-order valence-electron chi connectivity index (χ3n) is 3.90. The number of halogens is 1. The first-order valence-corrected chi connectivity index (χ1v) is 8.52. The van der Waals surface area contributed by atoms with Gasteiger partial charge in [0.2, 0.25) is 5.91 Å². The van der Waals surface area contributed by atoms with E-state index in [-0.39, 0.29) is 18.3 Å². The Balaban J connectivity index is 0.00000220. The number of rotatable bonds is 6. The second kappa shape index (κ2) is 9.34. The molecule has 0 unspecified atom stereocenters. The molecule has 0 saturated carbocycles. The molecule has 21 heavy (non-hydrogen) atoms. The molecule has 1 amide bonds. The van der Waals surface area contributed by atoms with Gasteiger partial charge in [0.15, 0.2) is 0 Å². The molecule has 1 heterocycles. The number of nitrogens with two attached hydrogens (primary N) is 1. The first-order chi connectivity index (χ1) is 9.76. The number of amides is 1. The molecule has 1 aliphatic rings. The van der Waals surface area contributed by atoms with Crippen molar-refractivity contribution in [3.8, 4) is 0 Å². The first kappa shape index (κ1) is 18.3. The van der Waals surface area contributed by atoms with Gasteiger partial charge in [-0.2, -0.15) is 11.8 Å². The number of hydrogen-bond donors (Lipinski definition) is 1. The van der Waals surface area contributed by atoms with Gasteiger partial charge in [0.25, 0.3) is 0 Å². The summed E-state index contributed by atoms with van der Waals surface area (Å²) in [6.45, 7) is 4.41. The molecule has 1 aromatic carbocycles. The van der Waals surface area contributed by atoms with Crippen LogP contribution in [-0.4, -0.2) is 41.9 Å². The molecule has 0 bridgehead atoms. The van der Waals surface area contributed by atoms with E-state index < -0.39 is 0 Å². The SMILES string of the molecule is CCCSCC(=O)N1C[C@@H](CN)[C@H](c2ccccc2)C1.Cl. The van der Waals surface area contributed by atoms with Gasteiger partial charge in [0.05, 0.1) is 5.75 Å². The lowest BCUT2D eigenvalue weighted by atomic mass is 9.89. The zero-order chi connectivity index (χ0) is 14.4. The van der Waals surface area contributed by atoms with E-state index in [4.69, 9.17) is 5.73 Å². The summed E-state index contributed by atoms with van der Waals surface area (Å²) < 4.78 is 0. The Hall–Kier alpha value is -0.710. The fraction of sp³-hybridized carbons (Fsp3) is 0.562. The van der Waals surface area contributed by atoms with Crippen LogP contribution in [0.5, 0.6) is 0 Å². The monoisotopic (exact) mass is 328 g/mol. The number of nitrogens with zero attached hydrogens (tertiary/aromatic N) is 1. The number of carbonyl (C=O) groups is 1. The van der Waals surface area contributed by atoms with Gasteiger partial charge < -0.3 is 10.6 Å². The molecule has 2 N–H and O–H groups in total. The van der Waals surface area contributed by atoms with Crippen LogP contribution >= 0.6 is 24.2 Å². The Morgan fingerprint density at radius 1 is 1.33 bits per heavy atom. The van der Waals surface area contributed by atoms with Crippen molar-refractivity contribution < 1.29 is 4.79 Å². The first-order valence-electron chi connectivity index (χ1n) is 7.36. The molecule has 5 heteroatoms. The molecule has 2 atom stereocenters. The number of benzene rings is 1. The number of thioether (sulfide) groups is 1. The van der Waals surface area contributed by atoms with Gasteiger partial charge in [-0.15, -0.1) is 12.4 Å². The standard InChI is InChI=1S/C16H24N2OS.ClH/c1-2-8-20-12-16(19)18-10-14(9-17)15(11-18)13-6-4-3-5-7-13;/h3-7,14-15H,2,8-12,17H2,1H3;1H/t14-,15+;/m1./s1. The van der Waals surface area contributed by atoms with Crippen molar-refractivity contribution >= 4 is 30.1 Å². The van der Waals surface area contributed by atoms with Gasteiger partial charge in [-0.25, -0.2) is 0 Å². The minimum Gasteiger partial charge on any atom is -0.341 e. The predicted molar refractivity (Wildman–Crippen MR) is 93.2 cm³/mol. The Labute approximate surface area is 138 Å². The summed E-state index contributed by atoms with van der Waals surface area (Å²) in [7, 11) is 0. The summed E-state index contributed by atoms with van der Waals surface area (Å²) in [4.78, 5) is 14.2. The van der Waals surface area contributed by atoms with Crippen LogP contribution in [0.1, 0.15) is 24.8 Å². The Kier molecular flexibility index (Phi) is 8.15. The summed E-state index contributed by atoms with van der Waals surface area (Å²) in [6.07, 6.45) is 1.12. The highest BCUT2D eigenvalue weighted by molar-refractivity contribution is 7.99. The molecule has 1 aliphatic heterocycles. The number of carbonyl (C=O) groups excluding carboxylic acids is 1. The minimum atomic E-state index is 0. The summed E-state index contributed by atoms with van der Waals surface area (Å²) >= 11 is 1.73. The third kappa shape index (κ3) is 4.90. The third-order valence-corrected chi connectivity index (χ3v) is 5.05. The molecule has 1 fully saturated rings. The highest BCUT2D eigenvalue weighted by atomic mass is 35.5. The van der Waals surface area contributed by atoms with E-state index in [1.165, 1.54) is 5.56 Å². The van der Waals surface area contributed by atoms with E-state index in [9.17, 15) is 4.79 Å². The van der Waals surface area contributed by atoms with Gasteiger partial charge in [0, 0.05) is 19.0 Å². The lowest BCUT2D eigenvalue weighted by Gasteiger charge is -2.16. The summed E-state index contributed by atoms with van der Waals surface area (Å²) in [5.41, 5.74) is 7.21. The normalized spacial score (nSPS) is 21.1. The zero-order valence-corrected chi connectivity index (χ0v) is 14.2. The lowest BCUT2D eigenvalue weighted by molar-refractivity contribution is -0.127. The highest BCUT2D eigenvalue weighted by Crippen LogP contribution is 2.32. The number of hydrogen-bond acceptors (Lipinski definition) is 3. The average Bonchev–Trinajstić information content (AvgIpc) is 2.92. The molecule has 1 aromatic rings. The molecule has 1 saturated heterocycles. The Morgan fingerprint density at radius 2 is 2.05 bits per heavy atom. The molecule has 0 radical (unpaired) electrons. The lowest BCUT2D eigenvalue weighted by Crippen LogP contribution is -2.31. The van der Waals surface area contributed by atoms with Crippen molar-refractivity contribution in [1.29, 1.82) is 0 Å². The minimum absolute atomic E-state index is 0. The fourth-order valence-electron chi connectivity index (χ4n) is 2.79. The molecular formula is C16H25ClN2OS. The summed E-state index contributed by atoms with van der Waals surface area (Å²) in [5.74, 6) is 2.70. The second-order valence-electron chi connectivity index (χ2n) is 5.36. The van der Waals surface area contributed by atoms with Crippen molar-refractivity contribution in [3.63, 3.8) is 0 Å². The quantitative estimate of drug-likeness (QED) is 0.817. The second-order valence-corrected chi connectivity index (χ2v) is 6.47. The van der Waals surface area contributed by atoms with Crippen molar-refractivity contribution in [2.24, 2.45) is 11.7 Å². The molecule has 0 spiro atoms. The van der Waals surface area contributed by atoms with Crippen LogP contribution in [-0.2, 0) is 4.79 Å². The molecule has 3 nitrogen and oxygen atoms in total. The van der Waals surface area contributed by atoms with Crippen LogP contribution in [0.4, 0.5) is 0 Å². The molecule has 118 valence electrons. The van der Waals surface area contributed by atoms with E-state index >= 15 is 0 Å². The topological polar surface area (TPSA) is 46.3 Å². The van der Waals surface area contributed by atoms with Crippen molar-refractivity contribution in [2.45, 2.75) is 19.3 Å². The van der Waals surface area contributed by atoms with Crippen molar-refractivity contribution in [1.82, 2.24) is 4.90 Å². The van der Waals surface area contributed by atoms with Gasteiger partial charge in [0.1, 0.15) is 0 Å². The predicted octanol–water partition coefficient (Wildman–Crippen LogP) is 2.75. The highest BCUT2D eigenvalue weighted by Gasteiger charge is 2.34. The zero-order valence-electron chi connectivity index (χ0n) is 12.5. The van der Waals surface area contributed by atoms with Crippen LogP contribution in [0, 0.1) is 5.92 Å². The van der Waals surface area contributed by atoms with Crippen LogP contribution in [0.25, 0.3) is 0 Å². The molecule has 0 aromatic heterocycles. The van der Waals surface area contributed by atoms with Crippen LogP contribution < -0.4 is 5.73 Å². The van der Waals surface area contributed by atoms with Gasteiger partial charge >= 0.3 is 0 Å². The van der Waals surface area contributed by atoms with E-state index in [1.54, 1.807) is 11.8 Å². The van der Waals surface area contributed by atoms with E-state index in [2.05, 4.69) is 31.2 Å². The van der Waals surface area contributed by atoms with E-state index in [0.717, 1.165) is 25.3 Å². The Morgan fingerprint density at radius 3 is 2.67 bits per heavy atom. The molecular weight excluding hydrogens is 304 g/mol. The summed E-state index contributed by atoms with van der Waals surface area (Å²) in [5, 5.41) is 0. The smallest absolute Gasteiger partial charge is 0.232 e. The maximum atomic E-state index is 12.2. The van der Waals surface area contributed by atoms with Crippen LogP contribution in [0.3, 0.4) is 0 Å². The van der Waals surface area contributed by atoms with Crippen molar-refractivity contribution in [2.75, 3.05) is 31.1 Å². The molecule has 0 aliphatic carbocycles. The Bertz CT molecular complexity index is 430. The van der Waals surface area contributed by atoms with Gasteiger partial charge in [-0.1, -0.05) is 37.3 Å². The molecule has 2 rings (SSSR count). The van der Waals surface area contributed by atoms with Gasteiger partial charge in [-0.05, 0) is 30.2 Å². The van der Waals surface area contributed by atoms with E-state index in [1.807, 2.05) is 11.0 Å². The van der Waals surface area contributed by atoms with E-state index in [0.29, 0.717) is 24.1 Å². The average molecular weight is 329 g/mol.